The van der Waals surface area contributed by atoms with Gasteiger partial charge in [-0.15, -0.1) is 0 Å². The van der Waals surface area contributed by atoms with Gasteiger partial charge in [-0.2, -0.15) is 0 Å². The van der Waals surface area contributed by atoms with E-state index >= 15 is 0 Å². The van der Waals surface area contributed by atoms with Gasteiger partial charge in [-0.3, -0.25) is 4.79 Å². The number of halogens is 1. The van der Waals surface area contributed by atoms with Gasteiger partial charge in [0.25, 0.3) is 0 Å². The van der Waals surface area contributed by atoms with Crippen LogP contribution in [0, 0.1) is 5.82 Å². The first kappa shape index (κ1) is 13.7. The summed E-state index contributed by atoms with van der Waals surface area (Å²) in [6, 6.07) is 5.90. The molecule has 0 saturated heterocycles. The number of allylic oxidation sites excluding steroid dienone is 1. The molecule has 2 N–H and O–H groups in total. The van der Waals surface area contributed by atoms with Crippen LogP contribution in [0.4, 0.5) is 10.1 Å². The minimum Gasteiger partial charge on any atom is -0.325 e. The van der Waals surface area contributed by atoms with Crippen LogP contribution in [0.25, 0.3) is 0 Å². The maximum Gasteiger partial charge on any atom is 0.238 e. The van der Waals surface area contributed by atoms with Crippen LogP contribution in [-0.2, 0) is 4.79 Å². The minimum absolute atomic E-state index is 0.147. The predicted octanol–water partition coefficient (Wildman–Crippen LogP) is 2.85. The van der Waals surface area contributed by atoms with Crippen LogP contribution in [0.15, 0.2) is 35.9 Å². The van der Waals surface area contributed by atoms with Gasteiger partial charge in [0, 0.05) is 5.69 Å². The van der Waals surface area contributed by atoms with Gasteiger partial charge in [0.2, 0.25) is 5.91 Å². The molecule has 4 heteroatoms. The van der Waals surface area contributed by atoms with Crippen LogP contribution in [0.1, 0.15) is 25.7 Å². The molecule has 1 aliphatic rings. The Morgan fingerprint density at radius 1 is 1.37 bits per heavy atom. The zero-order valence-electron chi connectivity index (χ0n) is 10.9. The summed E-state index contributed by atoms with van der Waals surface area (Å²) in [5, 5.41) is 5.76. The lowest BCUT2D eigenvalue weighted by molar-refractivity contribution is -0.115. The van der Waals surface area contributed by atoms with Crippen molar-refractivity contribution in [3.05, 3.63) is 41.7 Å². The molecule has 0 aromatic heterocycles. The van der Waals surface area contributed by atoms with Crippen molar-refractivity contribution in [2.75, 3.05) is 18.4 Å². The number of rotatable bonds is 6. The second kappa shape index (κ2) is 7.04. The molecule has 0 spiro atoms. The first-order chi connectivity index (χ1) is 9.24. The molecular weight excluding hydrogens is 243 g/mol. The second-order valence-electron chi connectivity index (χ2n) is 4.74. The molecule has 1 aromatic carbocycles. The molecule has 0 radical (unpaired) electrons. The normalized spacial score (nSPS) is 14.3. The van der Waals surface area contributed by atoms with Crippen molar-refractivity contribution in [2.45, 2.75) is 25.7 Å². The van der Waals surface area contributed by atoms with Crippen LogP contribution in [0.3, 0.4) is 0 Å². The Bertz CT molecular complexity index is 471. The monoisotopic (exact) mass is 262 g/mol. The van der Waals surface area contributed by atoms with Gasteiger partial charge in [-0.1, -0.05) is 17.7 Å². The first-order valence-electron chi connectivity index (χ1n) is 6.68. The van der Waals surface area contributed by atoms with Crippen LogP contribution in [0.5, 0.6) is 0 Å². The van der Waals surface area contributed by atoms with E-state index in [1.54, 1.807) is 12.1 Å². The Hall–Kier alpha value is -1.68. The Kier molecular flexibility index (Phi) is 5.10. The highest BCUT2D eigenvalue weighted by atomic mass is 19.1. The number of hydrogen-bond acceptors (Lipinski definition) is 2. The van der Waals surface area contributed by atoms with E-state index in [-0.39, 0.29) is 18.3 Å². The summed E-state index contributed by atoms with van der Waals surface area (Å²) in [7, 11) is 0. The average Bonchev–Trinajstić information content (AvgIpc) is 2.88. The largest absolute Gasteiger partial charge is 0.325 e. The van der Waals surface area contributed by atoms with Crippen LogP contribution < -0.4 is 10.6 Å². The lowest BCUT2D eigenvalue weighted by Gasteiger charge is -2.07. The summed E-state index contributed by atoms with van der Waals surface area (Å²) in [6.45, 7) is 1.06. The molecule has 0 unspecified atom stereocenters. The highest BCUT2D eigenvalue weighted by molar-refractivity contribution is 5.92. The van der Waals surface area contributed by atoms with Crippen LogP contribution in [-0.4, -0.2) is 19.0 Å². The smallest absolute Gasteiger partial charge is 0.238 e. The third-order valence-electron chi connectivity index (χ3n) is 3.15. The van der Waals surface area contributed by atoms with Gasteiger partial charge in [-0.25, -0.2) is 4.39 Å². The quantitative estimate of drug-likeness (QED) is 0.611. The number of carbonyl (C=O) groups is 1. The summed E-state index contributed by atoms with van der Waals surface area (Å²) >= 11 is 0. The zero-order valence-corrected chi connectivity index (χ0v) is 10.9. The third-order valence-corrected chi connectivity index (χ3v) is 3.15. The van der Waals surface area contributed by atoms with Gasteiger partial charge < -0.3 is 10.6 Å². The summed E-state index contributed by atoms with van der Waals surface area (Å²) in [6.07, 6.45) is 6.93. The lowest BCUT2D eigenvalue weighted by Crippen LogP contribution is -2.28. The molecule has 1 aliphatic carbocycles. The Morgan fingerprint density at radius 3 is 3.00 bits per heavy atom. The number of anilines is 1. The fraction of sp³-hybridized carbons (Fsp3) is 0.400. The molecule has 0 heterocycles. The van der Waals surface area contributed by atoms with Crippen molar-refractivity contribution >= 4 is 11.6 Å². The number of amides is 1. The van der Waals surface area contributed by atoms with Gasteiger partial charge in [0.1, 0.15) is 5.82 Å². The van der Waals surface area contributed by atoms with Crippen LogP contribution in [0.2, 0.25) is 0 Å². The molecule has 102 valence electrons. The summed E-state index contributed by atoms with van der Waals surface area (Å²) < 4.78 is 12.9. The molecular formula is C15H19FN2O. The molecule has 2 rings (SSSR count). The Labute approximate surface area is 112 Å². The molecule has 1 amide bonds. The van der Waals surface area contributed by atoms with Crippen molar-refractivity contribution in [1.82, 2.24) is 5.32 Å². The predicted molar refractivity (Wildman–Crippen MR) is 74.5 cm³/mol. The minimum atomic E-state index is -0.348. The van der Waals surface area contributed by atoms with Crippen molar-refractivity contribution in [2.24, 2.45) is 0 Å². The van der Waals surface area contributed by atoms with E-state index in [4.69, 9.17) is 0 Å². The lowest BCUT2D eigenvalue weighted by atomic mass is 10.2. The summed E-state index contributed by atoms with van der Waals surface area (Å²) in [5.74, 6) is -0.495. The maximum absolute atomic E-state index is 12.9. The van der Waals surface area contributed by atoms with E-state index in [1.807, 2.05) is 0 Å². The van der Waals surface area contributed by atoms with Crippen molar-refractivity contribution in [3.63, 3.8) is 0 Å². The van der Waals surface area contributed by atoms with Crippen LogP contribution >= 0.6 is 0 Å². The SMILES string of the molecule is O=C(CNCCC1=CCCC1)Nc1cccc(F)c1. The maximum atomic E-state index is 12.9. The molecule has 1 aromatic rings. The molecule has 0 aliphatic heterocycles. The third kappa shape index (κ3) is 4.83. The Balaban J connectivity index is 1.64. The van der Waals surface area contributed by atoms with Gasteiger partial charge in [0.15, 0.2) is 0 Å². The number of nitrogens with one attached hydrogen (secondary N) is 2. The standard InChI is InChI=1S/C15H19FN2O/c16-13-6-3-7-14(10-13)18-15(19)11-17-9-8-12-4-1-2-5-12/h3-4,6-7,10,17H,1-2,5,8-9,11H2,(H,18,19). The van der Waals surface area contributed by atoms with Gasteiger partial charge in [0.05, 0.1) is 6.54 Å². The summed E-state index contributed by atoms with van der Waals surface area (Å²) in [4.78, 5) is 11.6. The molecule has 19 heavy (non-hydrogen) atoms. The number of carbonyl (C=O) groups excluding carboxylic acids is 1. The molecule has 0 saturated carbocycles. The summed E-state index contributed by atoms with van der Waals surface area (Å²) in [5.41, 5.74) is 1.98. The molecule has 0 bridgehead atoms. The van der Waals surface area contributed by atoms with E-state index in [0.29, 0.717) is 5.69 Å². The average molecular weight is 262 g/mol. The number of benzene rings is 1. The van der Waals surface area contributed by atoms with E-state index in [0.717, 1.165) is 13.0 Å². The fourth-order valence-electron chi connectivity index (χ4n) is 2.19. The Morgan fingerprint density at radius 2 is 2.26 bits per heavy atom. The van der Waals surface area contributed by atoms with E-state index < -0.39 is 0 Å². The highest BCUT2D eigenvalue weighted by Crippen LogP contribution is 2.19. The van der Waals surface area contributed by atoms with Gasteiger partial charge in [-0.05, 0) is 50.4 Å². The second-order valence-corrected chi connectivity index (χ2v) is 4.74. The van der Waals surface area contributed by atoms with Gasteiger partial charge >= 0.3 is 0 Å². The van der Waals surface area contributed by atoms with E-state index in [1.165, 1.54) is 37.0 Å². The van der Waals surface area contributed by atoms with Crippen molar-refractivity contribution in [3.8, 4) is 0 Å². The van der Waals surface area contributed by atoms with Crippen molar-refractivity contribution in [1.29, 1.82) is 0 Å². The van der Waals surface area contributed by atoms with E-state index in [2.05, 4.69) is 16.7 Å². The fourth-order valence-corrected chi connectivity index (χ4v) is 2.19. The molecule has 3 nitrogen and oxygen atoms in total. The topological polar surface area (TPSA) is 41.1 Å². The van der Waals surface area contributed by atoms with Crippen molar-refractivity contribution < 1.29 is 9.18 Å². The number of hydrogen-bond donors (Lipinski definition) is 2. The first-order valence-corrected chi connectivity index (χ1v) is 6.68. The zero-order chi connectivity index (χ0) is 13.5. The van der Waals surface area contributed by atoms with E-state index in [9.17, 15) is 9.18 Å². The highest BCUT2D eigenvalue weighted by Gasteiger charge is 2.05. The molecule has 0 fully saturated rings. The molecule has 0 atom stereocenters.